The van der Waals surface area contributed by atoms with Gasteiger partial charge in [0, 0.05) is 37.1 Å². The molecule has 2 heterocycles. The van der Waals surface area contributed by atoms with Crippen molar-refractivity contribution < 1.29 is 8.42 Å². The second kappa shape index (κ2) is 7.54. The maximum atomic E-state index is 12.8. The number of hydrogen-bond acceptors (Lipinski definition) is 4. The van der Waals surface area contributed by atoms with Gasteiger partial charge in [-0.05, 0) is 36.3 Å². The number of hydrogen-bond donors (Lipinski definition) is 2. The average Bonchev–Trinajstić information content (AvgIpc) is 3.20. The smallest absolute Gasteiger partial charge is 0.257 e. The van der Waals surface area contributed by atoms with Crippen LogP contribution in [0.5, 0.6) is 0 Å². The maximum absolute atomic E-state index is 12.8. The number of rotatable bonds is 6. The van der Waals surface area contributed by atoms with Gasteiger partial charge in [-0.3, -0.25) is 4.90 Å². The molecular weight excluding hydrogens is 384 g/mol. The van der Waals surface area contributed by atoms with Gasteiger partial charge in [-0.15, -0.1) is 0 Å². The molecular formula is C19H25ClN4O2S. The molecule has 1 aliphatic carbocycles. The molecule has 2 fully saturated rings. The van der Waals surface area contributed by atoms with Gasteiger partial charge in [0.25, 0.3) is 10.0 Å². The van der Waals surface area contributed by atoms with Crippen LogP contribution in [-0.2, 0) is 23.0 Å². The van der Waals surface area contributed by atoms with Crippen molar-refractivity contribution in [3.8, 4) is 0 Å². The Bertz CT molecular complexity index is 900. The Morgan fingerprint density at radius 3 is 2.59 bits per heavy atom. The highest BCUT2D eigenvalue weighted by Gasteiger charge is 2.44. The molecule has 146 valence electrons. The molecule has 1 aromatic heterocycles. The second-order valence-electron chi connectivity index (χ2n) is 7.58. The first-order valence-electron chi connectivity index (χ1n) is 9.48. The van der Waals surface area contributed by atoms with Crippen molar-refractivity contribution in [2.45, 2.75) is 43.8 Å². The van der Waals surface area contributed by atoms with Crippen LogP contribution in [0.2, 0.25) is 5.02 Å². The first-order chi connectivity index (χ1) is 13.0. The molecule has 2 N–H and O–H groups in total. The number of benzene rings is 1. The Kier molecular flexibility index (Phi) is 5.29. The number of aryl methyl sites for hydroxylation is 1. The number of halogens is 1. The van der Waals surface area contributed by atoms with Crippen LogP contribution >= 0.6 is 11.6 Å². The summed E-state index contributed by atoms with van der Waals surface area (Å²) in [7, 11) is -3.57. The lowest BCUT2D eigenvalue weighted by atomic mass is 9.93. The number of nitrogens with one attached hydrogen (secondary N) is 2. The number of piperidine rings is 1. The predicted molar refractivity (Wildman–Crippen MR) is 105 cm³/mol. The van der Waals surface area contributed by atoms with Crippen LogP contribution in [0.15, 0.2) is 35.5 Å². The lowest BCUT2D eigenvalue weighted by Gasteiger charge is -2.38. The van der Waals surface area contributed by atoms with E-state index in [0.717, 1.165) is 43.1 Å². The number of nitrogens with zero attached hydrogens (tertiary/aromatic N) is 2. The summed E-state index contributed by atoms with van der Waals surface area (Å²) < 4.78 is 28.5. The summed E-state index contributed by atoms with van der Waals surface area (Å²) in [5.41, 5.74) is 1.13. The van der Waals surface area contributed by atoms with E-state index in [2.05, 4.69) is 25.7 Å². The van der Waals surface area contributed by atoms with E-state index in [9.17, 15) is 8.42 Å². The molecule has 1 aliphatic heterocycles. The van der Waals surface area contributed by atoms with E-state index in [0.29, 0.717) is 24.1 Å². The van der Waals surface area contributed by atoms with Gasteiger partial charge in [-0.25, -0.2) is 18.1 Å². The highest BCUT2D eigenvalue weighted by molar-refractivity contribution is 7.89. The van der Waals surface area contributed by atoms with E-state index >= 15 is 0 Å². The first-order valence-corrected chi connectivity index (χ1v) is 11.3. The van der Waals surface area contributed by atoms with Crippen LogP contribution < -0.4 is 4.72 Å². The summed E-state index contributed by atoms with van der Waals surface area (Å²) in [6, 6.07) is 7.91. The fraction of sp³-hybridized carbons (Fsp3) is 0.526. The summed E-state index contributed by atoms with van der Waals surface area (Å²) in [6.07, 6.45) is 4.21. The van der Waals surface area contributed by atoms with Crippen molar-refractivity contribution in [3.05, 3.63) is 46.9 Å². The Labute approximate surface area is 165 Å². The van der Waals surface area contributed by atoms with E-state index in [1.165, 1.54) is 6.20 Å². The summed E-state index contributed by atoms with van der Waals surface area (Å²) in [5, 5.41) is 0.955. The molecule has 6 nitrogen and oxygen atoms in total. The highest BCUT2D eigenvalue weighted by Crippen LogP contribution is 2.38. The van der Waals surface area contributed by atoms with E-state index in [1.807, 2.05) is 25.1 Å². The Balaban J connectivity index is 1.44. The monoisotopic (exact) mass is 408 g/mol. The molecule has 2 unspecified atom stereocenters. The number of aromatic amines is 1. The molecule has 2 aliphatic rings. The molecule has 27 heavy (non-hydrogen) atoms. The molecule has 0 radical (unpaired) electrons. The molecule has 2 bridgehead atoms. The van der Waals surface area contributed by atoms with Crippen molar-refractivity contribution in [3.63, 3.8) is 0 Å². The highest BCUT2D eigenvalue weighted by atomic mass is 35.5. The van der Waals surface area contributed by atoms with E-state index < -0.39 is 10.0 Å². The Hall–Kier alpha value is -1.41. The number of fused-ring (bicyclic) bond motifs is 2. The van der Waals surface area contributed by atoms with Crippen molar-refractivity contribution >= 4 is 21.6 Å². The summed E-state index contributed by atoms with van der Waals surface area (Å²) in [4.78, 5) is 9.43. The van der Waals surface area contributed by atoms with Gasteiger partial charge in [0.15, 0.2) is 5.03 Å². The van der Waals surface area contributed by atoms with E-state index in [1.54, 1.807) is 0 Å². The third-order valence-corrected chi connectivity index (χ3v) is 7.52. The van der Waals surface area contributed by atoms with Crippen molar-refractivity contribution in [1.29, 1.82) is 0 Å². The van der Waals surface area contributed by atoms with Crippen LogP contribution in [0.25, 0.3) is 0 Å². The minimum atomic E-state index is -3.57. The molecule has 1 saturated heterocycles. The molecule has 1 saturated carbocycles. The zero-order valence-electron chi connectivity index (χ0n) is 15.4. The third kappa shape index (κ3) is 3.92. The number of likely N-dealkylation sites (tertiary alicyclic amines) is 1. The summed E-state index contributed by atoms with van der Waals surface area (Å²) in [5.74, 6) is 1.34. The number of sulfonamides is 1. The standard InChI is InChI=1S/C19H25ClN4O2S/c1-2-17-21-9-18(22-17)27(25,26)23-19-14-7-8-15(19)12-24(11-14)10-13-5-3-4-6-16(13)20/h3-6,9,14-15,19,23H,2,7-8,10-12H2,1H3,(H,21,22). The maximum Gasteiger partial charge on any atom is 0.257 e. The Morgan fingerprint density at radius 2 is 1.96 bits per heavy atom. The van der Waals surface area contributed by atoms with Crippen LogP contribution in [0.3, 0.4) is 0 Å². The lowest BCUT2D eigenvalue weighted by Crippen LogP contribution is -2.52. The lowest BCUT2D eigenvalue weighted by molar-refractivity contribution is 0.133. The minimum absolute atomic E-state index is 0.00845. The molecule has 1 aromatic carbocycles. The van der Waals surface area contributed by atoms with Crippen LogP contribution in [0, 0.1) is 11.8 Å². The average molecular weight is 409 g/mol. The van der Waals surface area contributed by atoms with Gasteiger partial charge in [0.1, 0.15) is 5.82 Å². The van der Waals surface area contributed by atoms with Gasteiger partial charge in [-0.2, -0.15) is 0 Å². The quantitative estimate of drug-likeness (QED) is 0.770. The summed E-state index contributed by atoms with van der Waals surface area (Å²) in [6.45, 7) is 4.53. The zero-order chi connectivity index (χ0) is 19.0. The molecule has 2 atom stereocenters. The summed E-state index contributed by atoms with van der Waals surface area (Å²) >= 11 is 6.30. The number of H-pyrrole nitrogens is 1. The van der Waals surface area contributed by atoms with Gasteiger partial charge in [0.2, 0.25) is 0 Å². The van der Waals surface area contributed by atoms with Crippen molar-refractivity contribution in [2.75, 3.05) is 13.1 Å². The molecule has 2 aromatic rings. The van der Waals surface area contributed by atoms with Crippen LogP contribution in [0.1, 0.15) is 31.2 Å². The number of aromatic nitrogens is 2. The van der Waals surface area contributed by atoms with Crippen molar-refractivity contribution in [1.82, 2.24) is 19.6 Å². The fourth-order valence-electron chi connectivity index (χ4n) is 4.41. The second-order valence-corrected chi connectivity index (χ2v) is 9.67. The van der Waals surface area contributed by atoms with Crippen LogP contribution in [-0.4, -0.2) is 42.4 Å². The SMILES string of the molecule is CCc1ncc(S(=O)(=O)NC2C3CCC2CN(Cc2ccccc2Cl)C3)[nH]1. The van der Waals surface area contributed by atoms with Gasteiger partial charge in [-0.1, -0.05) is 36.7 Å². The first kappa shape index (κ1) is 18.9. The largest absolute Gasteiger partial charge is 0.332 e. The van der Waals surface area contributed by atoms with Crippen LogP contribution in [0.4, 0.5) is 0 Å². The number of imidazole rings is 1. The van der Waals surface area contributed by atoms with Gasteiger partial charge < -0.3 is 4.98 Å². The van der Waals surface area contributed by atoms with E-state index in [4.69, 9.17) is 11.6 Å². The Morgan fingerprint density at radius 1 is 1.26 bits per heavy atom. The van der Waals surface area contributed by atoms with Crippen molar-refractivity contribution in [2.24, 2.45) is 11.8 Å². The minimum Gasteiger partial charge on any atom is -0.332 e. The van der Waals surface area contributed by atoms with Gasteiger partial charge in [0.05, 0.1) is 6.20 Å². The van der Waals surface area contributed by atoms with E-state index in [-0.39, 0.29) is 11.1 Å². The molecule has 4 rings (SSSR count). The molecule has 0 amide bonds. The molecule has 0 spiro atoms. The topological polar surface area (TPSA) is 78.1 Å². The zero-order valence-corrected chi connectivity index (χ0v) is 16.9. The fourth-order valence-corrected chi connectivity index (χ4v) is 5.92. The predicted octanol–water partition coefficient (Wildman–Crippen LogP) is 2.81. The molecule has 8 heteroatoms. The normalized spacial score (nSPS) is 25.8. The third-order valence-electron chi connectivity index (χ3n) is 5.78. The van der Waals surface area contributed by atoms with Gasteiger partial charge >= 0.3 is 0 Å².